The van der Waals surface area contributed by atoms with Gasteiger partial charge in [-0.15, -0.1) is 11.8 Å². The van der Waals surface area contributed by atoms with E-state index in [2.05, 4.69) is 34.9 Å². The fourth-order valence-electron chi connectivity index (χ4n) is 1.11. The predicted octanol–water partition coefficient (Wildman–Crippen LogP) is 3.43. The maximum atomic E-state index is 8.57. The molecule has 1 aromatic rings. The van der Waals surface area contributed by atoms with Gasteiger partial charge in [-0.3, -0.25) is 0 Å². The Morgan fingerprint density at radius 1 is 1.62 bits per heavy atom. The molecule has 0 heterocycles. The van der Waals surface area contributed by atoms with Crippen LogP contribution in [-0.2, 0) is 0 Å². The van der Waals surface area contributed by atoms with E-state index in [1.165, 1.54) is 4.90 Å². The van der Waals surface area contributed by atoms with Gasteiger partial charge >= 0.3 is 0 Å². The lowest BCUT2D eigenvalue weighted by Crippen LogP contribution is -2.12. The van der Waals surface area contributed by atoms with E-state index in [-0.39, 0.29) is 5.84 Å². The van der Waals surface area contributed by atoms with Crippen LogP contribution >= 0.6 is 27.7 Å². The molecule has 0 aromatic heterocycles. The van der Waals surface area contributed by atoms with Gasteiger partial charge in [-0.2, -0.15) is 0 Å². The molecule has 5 heteroatoms. The monoisotopic (exact) mass is 302 g/mol. The first-order chi connectivity index (χ1) is 7.58. The molecular formula is C11H15BrN2OS. The third kappa shape index (κ3) is 3.42. The van der Waals surface area contributed by atoms with Gasteiger partial charge in [-0.1, -0.05) is 19.0 Å². The number of halogens is 1. The Labute approximate surface area is 108 Å². The molecule has 0 fully saturated rings. The molecule has 3 N–H and O–H groups in total. The second kappa shape index (κ2) is 6.15. The standard InChI is InChI=1S/C11H15BrN2OS/c1-3-7(2)16-10-5-4-8(6-9(10)12)11(13)14-15/h4-7,15H,3H2,1-2H3,(H2,13,14). The van der Waals surface area contributed by atoms with Gasteiger partial charge in [0, 0.05) is 20.2 Å². The molecule has 0 spiro atoms. The molecule has 0 aliphatic carbocycles. The highest BCUT2D eigenvalue weighted by molar-refractivity contribution is 9.10. The molecular weight excluding hydrogens is 288 g/mol. The Hall–Kier alpha value is -0.680. The Morgan fingerprint density at radius 3 is 2.81 bits per heavy atom. The number of hydrogen-bond acceptors (Lipinski definition) is 3. The largest absolute Gasteiger partial charge is 0.409 e. The average Bonchev–Trinajstić information content (AvgIpc) is 2.30. The van der Waals surface area contributed by atoms with E-state index in [0.717, 1.165) is 10.9 Å². The Balaban J connectivity index is 2.92. The number of hydrogen-bond donors (Lipinski definition) is 2. The summed E-state index contributed by atoms with van der Waals surface area (Å²) in [6, 6.07) is 5.69. The van der Waals surface area contributed by atoms with Gasteiger partial charge in [-0.25, -0.2) is 0 Å². The van der Waals surface area contributed by atoms with Gasteiger partial charge in [0.15, 0.2) is 5.84 Å². The van der Waals surface area contributed by atoms with Gasteiger partial charge in [0.2, 0.25) is 0 Å². The lowest BCUT2D eigenvalue weighted by molar-refractivity contribution is 0.318. The summed E-state index contributed by atoms with van der Waals surface area (Å²) < 4.78 is 0.974. The van der Waals surface area contributed by atoms with Crippen LogP contribution in [0.4, 0.5) is 0 Å². The second-order valence-electron chi connectivity index (χ2n) is 3.47. The molecule has 0 aliphatic heterocycles. The molecule has 88 valence electrons. The minimum Gasteiger partial charge on any atom is -0.409 e. The van der Waals surface area contributed by atoms with Crippen LogP contribution in [0.1, 0.15) is 25.8 Å². The van der Waals surface area contributed by atoms with E-state index in [1.54, 1.807) is 0 Å². The number of oxime groups is 1. The summed E-state index contributed by atoms with van der Waals surface area (Å²) in [7, 11) is 0. The van der Waals surface area contributed by atoms with E-state index in [4.69, 9.17) is 10.9 Å². The van der Waals surface area contributed by atoms with Crippen molar-refractivity contribution in [2.45, 2.75) is 30.4 Å². The van der Waals surface area contributed by atoms with Crippen LogP contribution in [-0.4, -0.2) is 16.3 Å². The molecule has 0 aliphatic rings. The fourth-order valence-corrected chi connectivity index (χ4v) is 2.69. The molecule has 1 atom stereocenters. The van der Waals surface area contributed by atoms with Crippen molar-refractivity contribution in [2.24, 2.45) is 10.9 Å². The zero-order chi connectivity index (χ0) is 12.1. The fraction of sp³-hybridized carbons (Fsp3) is 0.364. The molecule has 3 nitrogen and oxygen atoms in total. The first kappa shape index (κ1) is 13.4. The molecule has 16 heavy (non-hydrogen) atoms. The molecule has 0 saturated heterocycles. The number of nitrogens with zero attached hydrogens (tertiary/aromatic N) is 1. The first-order valence-electron chi connectivity index (χ1n) is 5.02. The van der Waals surface area contributed by atoms with E-state index in [9.17, 15) is 0 Å². The SMILES string of the molecule is CCC(C)Sc1ccc(/C(N)=N/O)cc1Br. The van der Waals surface area contributed by atoms with E-state index in [0.29, 0.717) is 10.8 Å². The minimum atomic E-state index is 0.126. The number of benzene rings is 1. The van der Waals surface area contributed by atoms with Gasteiger partial charge in [0.05, 0.1) is 0 Å². The molecule has 1 rings (SSSR count). The van der Waals surface area contributed by atoms with E-state index >= 15 is 0 Å². The quantitative estimate of drug-likeness (QED) is 0.294. The molecule has 1 unspecified atom stereocenters. The third-order valence-electron chi connectivity index (χ3n) is 2.24. The lowest BCUT2D eigenvalue weighted by Gasteiger charge is -2.10. The van der Waals surface area contributed by atoms with Crippen molar-refractivity contribution >= 4 is 33.5 Å². The number of nitrogens with two attached hydrogens (primary N) is 1. The number of rotatable bonds is 4. The second-order valence-corrected chi connectivity index (χ2v) is 5.80. The van der Waals surface area contributed by atoms with Crippen molar-refractivity contribution in [3.8, 4) is 0 Å². The van der Waals surface area contributed by atoms with Gasteiger partial charge in [0.1, 0.15) is 0 Å². The molecule has 0 amide bonds. The summed E-state index contributed by atoms with van der Waals surface area (Å²) >= 11 is 5.30. The van der Waals surface area contributed by atoms with Crippen LogP contribution in [0.25, 0.3) is 0 Å². The lowest BCUT2D eigenvalue weighted by atomic mass is 10.2. The van der Waals surface area contributed by atoms with Gasteiger partial charge < -0.3 is 10.9 Å². The topological polar surface area (TPSA) is 58.6 Å². The minimum absolute atomic E-state index is 0.126. The van der Waals surface area contributed by atoms with Crippen molar-refractivity contribution in [3.05, 3.63) is 28.2 Å². The molecule has 1 aromatic carbocycles. The summed E-state index contributed by atoms with van der Waals surface area (Å²) in [4.78, 5) is 1.17. The van der Waals surface area contributed by atoms with Gasteiger partial charge in [-0.05, 0) is 40.5 Å². The van der Waals surface area contributed by atoms with Crippen molar-refractivity contribution in [2.75, 3.05) is 0 Å². The van der Waals surface area contributed by atoms with Crippen LogP contribution in [0.3, 0.4) is 0 Å². The summed E-state index contributed by atoms with van der Waals surface area (Å²) in [5, 5.41) is 12.1. The highest BCUT2D eigenvalue weighted by atomic mass is 79.9. The number of thioether (sulfide) groups is 1. The van der Waals surface area contributed by atoms with Crippen molar-refractivity contribution in [3.63, 3.8) is 0 Å². The summed E-state index contributed by atoms with van der Waals surface area (Å²) in [5.74, 6) is 0.126. The predicted molar refractivity (Wildman–Crippen MR) is 72.3 cm³/mol. The third-order valence-corrected chi connectivity index (χ3v) is 4.50. The Kier molecular flexibility index (Phi) is 5.15. The van der Waals surface area contributed by atoms with Crippen molar-refractivity contribution in [1.82, 2.24) is 0 Å². The summed E-state index contributed by atoms with van der Waals surface area (Å²) in [5.41, 5.74) is 6.22. The smallest absolute Gasteiger partial charge is 0.170 e. The zero-order valence-corrected chi connectivity index (χ0v) is 11.7. The van der Waals surface area contributed by atoms with Crippen LogP contribution in [0.2, 0.25) is 0 Å². The number of amidine groups is 1. The summed E-state index contributed by atoms with van der Waals surface area (Å²) in [6.45, 7) is 4.35. The maximum absolute atomic E-state index is 8.57. The molecule has 0 saturated carbocycles. The van der Waals surface area contributed by atoms with Gasteiger partial charge in [0.25, 0.3) is 0 Å². The summed E-state index contributed by atoms with van der Waals surface area (Å²) in [6.07, 6.45) is 1.12. The van der Waals surface area contributed by atoms with Crippen LogP contribution in [0.15, 0.2) is 32.7 Å². The van der Waals surface area contributed by atoms with E-state index in [1.807, 2.05) is 30.0 Å². The molecule has 0 bridgehead atoms. The normalized spacial score (nSPS) is 13.8. The van der Waals surface area contributed by atoms with Crippen LogP contribution in [0, 0.1) is 0 Å². The van der Waals surface area contributed by atoms with Crippen molar-refractivity contribution in [1.29, 1.82) is 0 Å². The van der Waals surface area contributed by atoms with E-state index < -0.39 is 0 Å². The highest BCUT2D eigenvalue weighted by Gasteiger charge is 2.08. The first-order valence-corrected chi connectivity index (χ1v) is 6.69. The Morgan fingerprint density at radius 2 is 2.31 bits per heavy atom. The highest BCUT2D eigenvalue weighted by Crippen LogP contribution is 2.32. The average molecular weight is 303 g/mol. The molecule has 0 radical (unpaired) electrons. The maximum Gasteiger partial charge on any atom is 0.170 e. The zero-order valence-electron chi connectivity index (χ0n) is 9.27. The van der Waals surface area contributed by atoms with Crippen LogP contribution < -0.4 is 5.73 Å². The van der Waals surface area contributed by atoms with Crippen molar-refractivity contribution < 1.29 is 5.21 Å². The van der Waals surface area contributed by atoms with Crippen LogP contribution in [0.5, 0.6) is 0 Å². The Bertz CT molecular complexity index is 396.